The van der Waals surface area contributed by atoms with Crippen molar-refractivity contribution >= 4 is 0 Å². The molecule has 20 heavy (non-hydrogen) atoms. The molecule has 2 saturated heterocycles. The van der Waals surface area contributed by atoms with Crippen molar-refractivity contribution in [1.82, 2.24) is 10.2 Å². The van der Waals surface area contributed by atoms with Gasteiger partial charge in [-0.05, 0) is 61.2 Å². The highest BCUT2D eigenvalue weighted by atomic mass is 15.2. The Hall–Kier alpha value is -0.860. The predicted octanol–water partition coefficient (Wildman–Crippen LogP) is 2.99. The SMILES string of the molecule is CCC1C2CNCC2CN1Cc1cccc(C2CC2)c1. The van der Waals surface area contributed by atoms with Crippen LogP contribution in [0.15, 0.2) is 24.3 Å². The van der Waals surface area contributed by atoms with Gasteiger partial charge >= 0.3 is 0 Å². The van der Waals surface area contributed by atoms with E-state index < -0.39 is 0 Å². The highest BCUT2D eigenvalue weighted by molar-refractivity contribution is 5.29. The Labute approximate surface area is 122 Å². The average Bonchev–Trinajstić information content (AvgIpc) is 3.13. The fraction of sp³-hybridized carbons (Fsp3) is 0.667. The molecular weight excluding hydrogens is 244 g/mol. The van der Waals surface area contributed by atoms with E-state index in [0.717, 1.165) is 30.3 Å². The molecule has 0 radical (unpaired) electrons. The zero-order valence-corrected chi connectivity index (χ0v) is 12.5. The van der Waals surface area contributed by atoms with Crippen LogP contribution in [0.25, 0.3) is 0 Å². The first-order chi connectivity index (χ1) is 9.85. The van der Waals surface area contributed by atoms with E-state index in [1.165, 1.54) is 44.5 Å². The van der Waals surface area contributed by atoms with Gasteiger partial charge in [-0.3, -0.25) is 4.90 Å². The lowest BCUT2D eigenvalue weighted by Gasteiger charge is -2.27. The molecular formula is C18H26N2. The Morgan fingerprint density at radius 1 is 1.25 bits per heavy atom. The van der Waals surface area contributed by atoms with Gasteiger partial charge in [0.2, 0.25) is 0 Å². The summed E-state index contributed by atoms with van der Waals surface area (Å²) >= 11 is 0. The molecule has 0 amide bonds. The van der Waals surface area contributed by atoms with Crippen LogP contribution >= 0.6 is 0 Å². The summed E-state index contributed by atoms with van der Waals surface area (Å²) < 4.78 is 0. The van der Waals surface area contributed by atoms with Crippen molar-refractivity contribution in [2.24, 2.45) is 11.8 Å². The minimum absolute atomic E-state index is 0.791. The molecule has 1 saturated carbocycles. The van der Waals surface area contributed by atoms with Crippen molar-refractivity contribution in [3.63, 3.8) is 0 Å². The Morgan fingerprint density at radius 3 is 2.95 bits per heavy atom. The summed E-state index contributed by atoms with van der Waals surface area (Å²) in [6.45, 7) is 7.29. The first-order valence-electron chi connectivity index (χ1n) is 8.38. The maximum absolute atomic E-state index is 3.58. The van der Waals surface area contributed by atoms with Crippen molar-refractivity contribution in [2.45, 2.75) is 44.7 Å². The van der Waals surface area contributed by atoms with Gasteiger partial charge in [-0.15, -0.1) is 0 Å². The number of hydrogen-bond acceptors (Lipinski definition) is 2. The molecule has 1 aromatic carbocycles. The first-order valence-corrected chi connectivity index (χ1v) is 8.38. The predicted molar refractivity (Wildman–Crippen MR) is 82.8 cm³/mol. The summed E-state index contributed by atoms with van der Waals surface area (Å²) in [5, 5.41) is 3.58. The minimum atomic E-state index is 0.791. The number of likely N-dealkylation sites (tertiary alicyclic amines) is 1. The number of rotatable bonds is 4. The van der Waals surface area contributed by atoms with E-state index in [2.05, 4.69) is 41.4 Å². The van der Waals surface area contributed by atoms with Gasteiger partial charge in [0.15, 0.2) is 0 Å². The quantitative estimate of drug-likeness (QED) is 0.905. The summed E-state index contributed by atoms with van der Waals surface area (Å²) in [5.74, 6) is 2.66. The van der Waals surface area contributed by atoms with Gasteiger partial charge in [-0.1, -0.05) is 31.2 Å². The average molecular weight is 270 g/mol. The van der Waals surface area contributed by atoms with E-state index in [0.29, 0.717) is 0 Å². The second-order valence-corrected chi connectivity index (χ2v) is 7.01. The van der Waals surface area contributed by atoms with Gasteiger partial charge in [-0.2, -0.15) is 0 Å². The number of nitrogens with one attached hydrogen (secondary N) is 1. The Morgan fingerprint density at radius 2 is 2.15 bits per heavy atom. The fourth-order valence-corrected chi connectivity index (χ4v) is 4.45. The van der Waals surface area contributed by atoms with E-state index in [-0.39, 0.29) is 0 Å². The van der Waals surface area contributed by atoms with Crippen LogP contribution in [-0.4, -0.2) is 30.6 Å². The smallest absolute Gasteiger partial charge is 0.0237 e. The zero-order chi connectivity index (χ0) is 13.5. The summed E-state index contributed by atoms with van der Waals surface area (Å²) in [6, 6.07) is 10.2. The van der Waals surface area contributed by atoms with E-state index in [4.69, 9.17) is 0 Å². The van der Waals surface area contributed by atoms with Crippen molar-refractivity contribution in [2.75, 3.05) is 19.6 Å². The summed E-state index contributed by atoms with van der Waals surface area (Å²) in [6.07, 6.45) is 4.10. The summed E-state index contributed by atoms with van der Waals surface area (Å²) in [5.41, 5.74) is 3.11. The van der Waals surface area contributed by atoms with Crippen molar-refractivity contribution < 1.29 is 0 Å². The Balaban J connectivity index is 1.49. The fourth-order valence-electron chi connectivity index (χ4n) is 4.45. The molecule has 3 fully saturated rings. The third-order valence-electron chi connectivity index (χ3n) is 5.63. The highest BCUT2D eigenvalue weighted by Crippen LogP contribution is 2.40. The lowest BCUT2D eigenvalue weighted by atomic mass is 9.93. The van der Waals surface area contributed by atoms with E-state index in [9.17, 15) is 0 Å². The standard InChI is InChI=1S/C18H26N2/c1-2-18-17-10-19-9-16(17)12-20(18)11-13-4-3-5-15(8-13)14-6-7-14/h3-5,8,14,16-19H,2,6-7,9-12H2,1H3. The molecule has 1 aromatic rings. The van der Waals surface area contributed by atoms with Gasteiger partial charge in [0, 0.05) is 19.1 Å². The van der Waals surface area contributed by atoms with Crippen LogP contribution in [0.5, 0.6) is 0 Å². The maximum Gasteiger partial charge on any atom is 0.0237 e. The molecule has 2 heterocycles. The Bertz CT molecular complexity index is 480. The van der Waals surface area contributed by atoms with Crippen molar-refractivity contribution in [3.05, 3.63) is 35.4 Å². The lowest BCUT2D eigenvalue weighted by Crippen LogP contribution is -2.34. The molecule has 0 bridgehead atoms. The van der Waals surface area contributed by atoms with E-state index in [1.54, 1.807) is 5.56 Å². The third-order valence-corrected chi connectivity index (χ3v) is 5.63. The molecule has 1 N–H and O–H groups in total. The molecule has 3 unspecified atom stereocenters. The minimum Gasteiger partial charge on any atom is -0.316 e. The molecule has 108 valence electrons. The molecule has 0 spiro atoms. The van der Waals surface area contributed by atoms with Crippen LogP contribution < -0.4 is 5.32 Å². The number of nitrogens with zero attached hydrogens (tertiary/aromatic N) is 1. The molecule has 0 aromatic heterocycles. The monoisotopic (exact) mass is 270 g/mol. The summed E-state index contributed by atoms with van der Waals surface area (Å²) in [4.78, 5) is 2.75. The van der Waals surface area contributed by atoms with E-state index in [1.807, 2.05) is 0 Å². The molecule has 1 aliphatic carbocycles. The number of hydrogen-bond donors (Lipinski definition) is 1. The van der Waals surface area contributed by atoms with Gasteiger partial charge in [0.25, 0.3) is 0 Å². The summed E-state index contributed by atoms with van der Waals surface area (Å²) in [7, 11) is 0. The third kappa shape index (κ3) is 2.29. The molecule has 3 atom stereocenters. The van der Waals surface area contributed by atoms with Gasteiger partial charge in [-0.25, -0.2) is 0 Å². The molecule has 3 aliphatic rings. The molecule has 2 nitrogen and oxygen atoms in total. The number of benzene rings is 1. The van der Waals surface area contributed by atoms with Crippen LogP contribution in [0.2, 0.25) is 0 Å². The zero-order valence-electron chi connectivity index (χ0n) is 12.5. The van der Waals surface area contributed by atoms with E-state index >= 15 is 0 Å². The van der Waals surface area contributed by atoms with Crippen LogP contribution in [0, 0.1) is 11.8 Å². The molecule has 2 heteroatoms. The Kier molecular flexibility index (Phi) is 3.31. The number of fused-ring (bicyclic) bond motifs is 1. The largest absolute Gasteiger partial charge is 0.316 e. The van der Waals surface area contributed by atoms with Crippen LogP contribution in [0.4, 0.5) is 0 Å². The topological polar surface area (TPSA) is 15.3 Å². The first kappa shape index (κ1) is 12.8. The van der Waals surface area contributed by atoms with Crippen LogP contribution in [-0.2, 0) is 6.54 Å². The van der Waals surface area contributed by atoms with Crippen LogP contribution in [0.1, 0.15) is 43.2 Å². The second-order valence-electron chi connectivity index (χ2n) is 7.01. The maximum atomic E-state index is 3.58. The molecule has 2 aliphatic heterocycles. The van der Waals surface area contributed by atoms with Gasteiger partial charge in [0.1, 0.15) is 0 Å². The van der Waals surface area contributed by atoms with Gasteiger partial charge < -0.3 is 5.32 Å². The lowest BCUT2D eigenvalue weighted by molar-refractivity contribution is 0.210. The molecule has 4 rings (SSSR count). The van der Waals surface area contributed by atoms with Crippen molar-refractivity contribution in [1.29, 1.82) is 0 Å². The van der Waals surface area contributed by atoms with Gasteiger partial charge in [0.05, 0.1) is 0 Å². The normalized spacial score (nSPS) is 33.5. The van der Waals surface area contributed by atoms with Crippen molar-refractivity contribution in [3.8, 4) is 0 Å². The second kappa shape index (κ2) is 5.16. The highest BCUT2D eigenvalue weighted by Gasteiger charge is 2.42. The van der Waals surface area contributed by atoms with Crippen LogP contribution in [0.3, 0.4) is 0 Å².